The van der Waals surface area contributed by atoms with Crippen molar-refractivity contribution in [3.05, 3.63) is 28.8 Å². The Morgan fingerprint density at radius 2 is 2.00 bits per heavy atom. The molecule has 118 valence electrons. The SMILES string of the molecule is Cc1c(Cl)cccc1S(=O)(=O)N(CCCC(=O)O)C(C)C. The van der Waals surface area contributed by atoms with E-state index in [1.165, 1.54) is 10.4 Å². The normalized spacial score (nSPS) is 12.1. The van der Waals surface area contributed by atoms with Crippen LogP contribution in [0.5, 0.6) is 0 Å². The van der Waals surface area contributed by atoms with Crippen LogP contribution < -0.4 is 0 Å². The van der Waals surface area contributed by atoms with Crippen LogP contribution in [0.1, 0.15) is 32.3 Å². The smallest absolute Gasteiger partial charge is 0.303 e. The van der Waals surface area contributed by atoms with Crippen molar-refractivity contribution in [1.82, 2.24) is 4.31 Å². The molecule has 0 amide bonds. The van der Waals surface area contributed by atoms with Crippen molar-refractivity contribution in [3.8, 4) is 0 Å². The Bertz CT molecular complexity index is 613. The van der Waals surface area contributed by atoms with Crippen LogP contribution in [0.25, 0.3) is 0 Å². The summed E-state index contributed by atoms with van der Waals surface area (Å²) in [6, 6.07) is 4.49. The molecule has 0 aromatic heterocycles. The summed E-state index contributed by atoms with van der Waals surface area (Å²) in [5.74, 6) is -0.935. The van der Waals surface area contributed by atoms with Gasteiger partial charge in [-0.25, -0.2) is 8.42 Å². The molecule has 1 N–H and O–H groups in total. The van der Waals surface area contributed by atoms with Crippen molar-refractivity contribution in [2.24, 2.45) is 0 Å². The van der Waals surface area contributed by atoms with Gasteiger partial charge in [0.25, 0.3) is 0 Å². The molecule has 7 heteroatoms. The first-order valence-corrected chi connectivity index (χ1v) is 8.48. The highest BCUT2D eigenvalue weighted by atomic mass is 35.5. The lowest BCUT2D eigenvalue weighted by molar-refractivity contribution is -0.137. The maximum Gasteiger partial charge on any atom is 0.303 e. The zero-order valence-corrected chi connectivity index (χ0v) is 13.9. The van der Waals surface area contributed by atoms with Crippen LogP contribution >= 0.6 is 11.6 Å². The number of benzene rings is 1. The van der Waals surface area contributed by atoms with E-state index in [1.807, 2.05) is 0 Å². The average molecular weight is 334 g/mol. The number of hydrogen-bond donors (Lipinski definition) is 1. The summed E-state index contributed by atoms with van der Waals surface area (Å²) in [5, 5.41) is 9.07. The number of carboxylic acids is 1. The molecular weight excluding hydrogens is 314 g/mol. The molecule has 5 nitrogen and oxygen atoms in total. The molecular formula is C14H20ClNO4S. The minimum absolute atomic E-state index is 0.0622. The Hall–Kier alpha value is -1.11. The predicted molar refractivity (Wildman–Crippen MR) is 82.1 cm³/mol. The fourth-order valence-electron chi connectivity index (χ4n) is 2.04. The quantitative estimate of drug-likeness (QED) is 0.832. The topological polar surface area (TPSA) is 74.7 Å². The number of carbonyl (C=O) groups is 1. The fraction of sp³-hybridized carbons (Fsp3) is 0.500. The molecule has 0 aliphatic heterocycles. The lowest BCUT2D eigenvalue weighted by atomic mass is 10.2. The van der Waals surface area contributed by atoms with Crippen LogP contribution in [0.15, 0.2) is 23.1 Å². The zero-order valence-electron chi connectivity index (χ0n) is 12.3. The molecule has 0 unspecified atom stereocenters. The molecule has 0 bridgehead atoms. The van der Waals surface area contributed by atoms with E-state index in [2.05, 4.69) is 0 Å². The van der Waals surface area contributed by atoms with Crippen LogP contribution in [0.3, 0.4) is 0 Å². The number of sulfonamides is 1. The third kappa shape index (κ3) is 4.43. The summed E-state index contributed by atoms with van der Waals surface area (Å²) in [5.41, 5.74) is 0.503. The molecule has 0 radical (unpaired) electrons. The van der Waals surface area contributed by atoms with Crippen LogP contribution in [-0.2, 0) is 14.8 Å². The Labute approximate surface area is 130 Å². The van der Waals surface area contributed by atoms with E-state index < -0.39 is 16.0 Å². The third-order valence-electron chi connectivity index (χ3n) is 3.15. The average Bonchev–Trinajstić information content (AvgIpc) is 2.36. The van der Waals surface area contributed by atoms with E-state index >= 15 is 0 Å². The van der Waals surface area contributed by atoms with Gasteiger partial charge in [-0.3, -0.25) is 4.79 Å². The van der Waals surface area contributed by atoms with Gasteiger partial charge in [-0.15, -0.1) is 0 Å². The highest BCUT2D eigenvalue weighted by molar-refractivity contribution is 7.89. The highest BCUT2D eigenvalue weighted by Gasteiger charge is 2.28. The third-order valence-corrected chi connectivity index (χ3v) is 5.78. The van der Waals surface area contributed by atoms with Crippen molar-refractivity contribution in [1.29, 1.82) is 0 Å². The summed E-state index contributed by atoms with van der Waals surface area (Å²) >= 11 is 5.99. The van der Waals surface area contributed by atoms with Crippen LogP contribution in [-0.4, -0.2) is 36.4 Å². The van der Waals surface area contributed by atoms with Gasteiger partial charge in [0, 0.05) is 24.0 Å². The largest absolute Gasteiger partial charge is 0.481 e. The Morgan fingerprint density at radius 3 is 2.52 bits per heavy atom. The first-order chi connectivity index (χ1) is 9.67. The second kappa shape index (κ2) is 7.24. The summed E-state index contributed by atoms with van der Waals surface area (Å²) in [6.45, 7) is 5.35. The van der Waals surface area contributed by atoms with Gasteiger partial charge in [0.2, 0.25) is 10.0 Å². The minimum Gasteiger partial charge on any atom is -0.481 e. The molecule has 0 aliphatic carbocycles. The maximum atomic E-state index is 12.7. The summed E-state index contributed by atoms with van der Waals surface area (Å²) in [6.07, 6.45) is 0.208. The minimum atomic E-state index is -3.70. The first kappa shape index (κ1) is 17.9. The highest BCUT2D eigenvalue weighted by Crippen LogP contribution is 2.26. The zero-order chi connectivity index (χ0) is 16.2. The van der Waals surface area contributed by atoms with Gasteiger partial charge in [-0.05, 0) is 44.9 Å². The van der Waals surface area contributed by atoms with Gasteiger partial charge >= 0.3 is 5.97 Å². The van der Waals surface area contributed by atoms with Gasteiger partial charge in [0.15, 0.2) is 0 Å². The monoisotopic (exact) mass is 333 g/mol. The van der Waals surface area contributed by atoms with Crippen molar-refractivity contribution < 1.29 is 18.3 Å². The van der Waals surface area contributed by atoms with Crippen LogP contribution in [0, 0.1) is 6.92 Å². The Balaban J connectivity index is 3.10. The summed E-state index contributed by atoms with van der Waals surface area (Å²) < 4.78 is 26.8. The predicted octanol–water partition coefficient (Wildman–Crippen LogP) is 2.91. The molecule has 0 fully saturated rings. The standard InChI is InChI=1S/C14H20ClNO4S/c1-10(2)16(9-5-8-14(17)18)21(19,20)13-7-4-6-12(15)11(13)3/h4,6-7,10H,5,8-9H2,1-3H3,(H,17,18). The van der Waals surface area contributed by atoms with Gasteiger partial charge in [0.1, 0.15) is 0 Å². The van der Waals surface area contributed by atoms with E-state index in [-0.39, 0.29) is 30.3 Å². The molecule has 1 aromatic carbocycles. The second-order valence-corrected chi connectivity index (χ2v) is 7.34. The lowest BCUT2D eigenvalue weighted by Crippen LogP contribution is -2.38. The molecule has 21 heavy (non-hydrogen) atoms. The number of nitrogens with zero attached hydrogens (tertiary/aromatic N) is 1. The van der Waals surface area contributed by atoms with Crippen molar-refractivity contribution in [3.63, 3.8) is 0 Å². The van der Waals surface area contributed by atoms with Crippen molar-refractivity contribution in [2.75, 3.05) is 6.54 Å². The number of aliphatic carboxylic acids is 1. The van der Waals surface area contributed by atoms with Gasteiger partial charge in [0.05, 0.1) is 4.90 Å². The van der Waals surface area contributed by atoms with Crippen molar-refractivity contribution >= 4 is 27.6 Å². The first-order valence-electron chi connectivity index (χ1n) is 6.66. The molecule has 0 spiro atoms. The molecule has 0 saturated heterocycles. The van der Waals surface area contributed by atoms with Crippen LogP contribution in [0.2, 0.25) is 5.02 Å². The van der Waals surface area contributed by atoms with E-state index in [9.17, 15) is 13.2 Å². The Morgan fingerprint density at radius 1 is 1.38 bits per heavy atom. The number of carboxylic acid groups (broad SMARTS) is 1. The van der Waals surface area contributed by atoms with E-state index in [1.54, 1.807) is 32.9 Å². The number of halogens is 1. The van der Waals surface area contributed by atoms with E-state index in [0.29, 0.717) is 10.6 Å². The molecule has 1 rings (SSSR count). The number of rotatable bonds is 7. The van der Waals surface area contributed by atoms with Gasteiger partial charge < -0.3 is 5.11 Å². The van der Waals surface area contributed by atoms with E-state index in [0.717, 1.165) is 0 Å². The summed E-state index contributed by atoms with van der Waals surface area (Å²) in [4.78, 5) is 10.7. The van der Waals surface area contributed by atoms with Gasteiger partial charge in [-0.1, -0.05) is 17.7 Å². The number of hydrogen-bond acceptors (Lipinski definition) is 3. The lowest BCUT2D eigenvalue weighted by Gasteiger charge is -2.26. The summed E-state index contributed by atoms with van der Waals surface area (Å²) in [7, 11) is -3.70. The van der Waals surface area contributed by atoms with Gasteiger partial charge in [-0.2, -0.15) is 4.31 Å². The molecule has 1 aromatic rings. The Kier molecular flexibility index (Phi) is 6.19. The molecule has 0 atom stereocenters. The van der Waals surface area contributed by atoms with Crippen LogP contribution in [0.4, 0.5) is 0 Å². The fourth-order valence-corrected chi connectivity index (χ4v) is 4.19. The second-order valence-electron chi connectivity index (χ2n) is 5.07. The maximum absolute atomic E-state index is 12.7. The van der Waals surface area contributed by atoms with Crippen molar-refractivity contribution in [2.45, 2.75) is 44.6 Å². The molecule has 0 saturated carbocycles. The van der Waals surface area contributed by atoms with E-state index in [4.69, 9.17) is 16.7 Å². The molecule has 0 aliphatic rings. The molecule has 0 heterocycles.